The minimum atomic E-state index is -0.196. The average Bonchev–Trinajstić information content (AvgIpc) is 2.91. The van der Waals surface area contributed by atoms with E-state index >= 15 is 0 Å². The van der Waals surface area contributed by atoms with E-state index in [9.17, 15) is 9.59 Å². The molecule has 0 aliphatic heterocycles. The van der Waals surface area contributed by atoms with E-state index in [1.54, 1.807) is 28.8 Å². The molecule has 3 aromatic rings. The van der Waals surface area contributed by atoms with Crippen molar-refractivity contribution in [1.82, 2.24) is 4.57 Å². The molecule has 2 aromatic carbocycles. The fourth-order valence-electron chi connectivity index (χ4n) is 2.68. The molecule has 1 amide bonds. The van der Waals surface area contributed by atoms with Crippen LogP contribution in [0.1, 0.15) is 37.2 Å². The molecule has 3 rings (SSSR count). The predicted octanol–water partition coefficient (Wildman–Crippen LogP) is 4.29. The number of aromatic nitrogens is 1. The Morgan fingerprint density at radius 1 is 1.20 bits per heavy atom. The van der Waals surface area contributed by atoms with Crippen LogP contribution in [0.25, 0.3) is 10.2 Å². The quantitative estimate of drug-likeness (QED) is 0.742. The lowest BCUT2D eigenvalue weighted by Gasteiger charge is -2.09. The molecule has 5 nitrogen and oxygen atoms in total. The lowest BCUT2D eigenvalue weighted by molar-refractivity contribution is 0.102. The van der Waals surface area contributed by atoms with Gasteiger partial charge < -0.3 is 10.1 Å². The summed E-state index contributed by atoms with van der Waals surface area (Å²) in [6, 6.07) is 12.6. The standard InChI is InChI=1S/C19H20N2O3S/c1-4-24-15-8-5-13(6-9-15)18(22)20-14-7-10-16-17(11-14)25-19(23)21(16)12(2)3/h5-12H,4H2,1-3H3,(H,20,22). The lowest BCUT2D eigenvalue weighted by Crippen LogP contribution is -2.14. The van der Waals surface area contributed by atoms with Crippen molar-refractivity contribution in [2.45, 2.75) is 26.8 Å². The maximum atomic E-state index is 12.4. The first-order chi connectivity index (χ1) is 12.0. The van der Waals surface area contributed by atoms with Gasteiger partial charge in [0, 0.05) is 17.3 Å². The number of rotatable bonds is 5. The number of hydrogen-bond acceptors (Lipinski definition) is 4. The number of thiazole rings is 1. The predicted molar refractivity (Wildman–Crippen MR) is 102 cm³/mol. The molecule has 0 spiro atoms. The van der Waals surface area contributed by atoms with Gasteiger partial charge in [0.2, 0.25) is 0 Å². The molecule has 0 bridgehead atoms. The van der Waals surface area contributed by atoms with E-state index in [-0.39, 0.29) is 16.8 Å². The molecular formula is C19H20N2O3S. The Labute approximate surface area is 149 Å². The van der Waals surface area contributed by atoms with Gasteiger partial charge in [-0.2, -0.15) is 0 Å². The van der Waals surface area contributed by atoms with Gasteiger partial charge in [-0.15, -0.1) is 0 Å². The van der Waals surface area contributed by atoms with Crippen molar-refractivity contribution in [2.75, 3.05) is 11.9 Å². The number of nitrogens with zero attached hydrogens (tertiary/aromatic N) is 1. The molecule has 1 N–H and O–H groups in total. The average molecular weight is 356 g/mol. The normalized spacial score (nSPS) is 11.0. The van der Waals surface area contributed by atoms with Crippen molar-refractivity contribution in [3.63, 3.8) is 0 Å². The van der Waals surface area contributed by atoms with Crippen LogP contribution < -0.4 is 14.9 Å². The van der Waals surface area contributed by atoms with Gasteiger partial charge in [-0.3, -0.25) is 14.2 Å². The minimum absolute atomic E-state index is 0.0139. The number of fused-ring (bicyclic) bond motifs is 1. The number of anilines is 1. The van der Waals surface area contributed by atoms with E-state index in [4.69, 9.17) is 4.74 Å². The van der Waals surface area contributed by atoms with Crippen molar-refractivity contribution in [2.24, 2.45) is 0 Å². The summed E-state index contributed by atoms with van der Waals surface area (Å²) in [6.07, 6.45) is 0. The third kappa shape index (κ3) is 3.58. The zero-order valence-corrected chi connectivity index (χ0v) is 15.2. The molecule has 0 aliphatic rings. The maximum absolute atomic E-state index is 12.4. The Balaban J connectivity index is 1.82. The van der Waals surface area contributed by atoms with E-state index in [0.717, 1.165) is 16.0 Å². The first kappa shape index (κ1) is 17.2. The van der Waals surface area contributed by atoms with Crippen LogP contribution in [-0.2, 0) is 0 Å². The van der Waals surface area contributed by atoms with E-state index in [1.165, 1.54) is 11.3 Å². The summed E-state index contributed by atoms with van der Waals surface area (Å²) in [4.78, 5) is 24.5. The van der Waals surface area contributed by atoms with Crippen LogP contribution >= 0.6 is 11.3 Å². The fraction of sp³-hybridized carbons (Fsp3) is 0.263. The second kappa shape index (κ2) is 7.11. The molecule has 1 heterocycles. The number of ether oxygens (including phenoxy) is 1. The van der Waals surface area contributed by atoms with Gasteiger partial charge in [0.25, 0.3) is 5.91 Å². The minimum Gasteiger partial charge on any atom is -0.494 e. The zero-order chi connectivity index (χ0) is 18.0. The summed E-state index contributed by atoms with van der Waals surface area (Å²) in [5.74, 6) is 0.540. The zero-order valence-electron chi connectivity index (χ0n) is 14.4. The van der Waals surface area contributed by atoms with Crippen LogP contribution in [0, 0.1) is 0 Å². The Bertz CT molecular complexity index is 955. The highest BCUT2D eigenvalue weighted by Gasteiger charge is 2.12. The Hall–Kier alpha value is -2.60. The summed E-state index contributed by atoms with van der Waals surface area (Å²) >= 11 is 1.19. The number of amides is 1. The van der Waals surface area contributed by atoms with Crippen LogP contribution in [0.5, 0.6) is 5.75 Å². The second-order valence-corrected chi connectivity index (χ2v) is 6.92. The van der Waals surface area contributed by atoms with Crippen molar-refractivity contribution in [1.29, 1.82) is 0 Å². The second-order valence-electron chi connectivity index (χ2n) is 5.93. The van der Waals surface area contributed by atoms with Crippen LogP contribution in [0.15, 0.2) is 47.3 Å². The van der Waals surface area contributed by atoms with Gasteiger partial charge in [0.05, 0.1) is 16.8 Å². The molecular weight excluding hydrogens is 336 g/mol. The highest BCUT2D eigenvalue weighted by molar-refractivity contribution is 7.16. The van der Waals surface area contributed by atoms with Gasteiger partial charge in [0.1, 0.15) is 5.75 Å². The summed E-state index contributed by atoms with van der Waals surface area (Å²) in [5, 5.41) is 2.88. The molecule has 0 fully saturated rings. The highest BCUT2D eigenvalue weighted by atomic mass is 32.1. The first-order valence-electron chi connectivity index (χ1n) is 8.19. The van der Waals surface area contributed by atoms with E-state index < -0.39 is 0 Å². The topological polar surface area (TPSA) is 60.3 Å². The monoisotopic (exact) mass is 356 g/mol. The summed E-state index contributed by atoms with van der Waals surface area (Å²) in [5.41, 5.74) is 2.11. The number of carbonyl (C=O) groups is 1. The van der Waals surface area contributed by atoms with Crippen molar-refractivity contribution >= 4 is 33.1 Å². The summed E-state index contributed by atoms with van der Waals surface area (Å²) in [6.45, 7) is 6.46. The van der Waals surface area contributed by atoms with Gasteiger partial charge in [-0.1, -0.05) is 11.3 Å². The van der Waals surface area contributed by atoms with Crippen LogP contribution in [0.3, 0.4) is 0 Å². The molecule has 6 heteroatoms. The van der Waals surface area contributed by atoms with Crippen LogP contribution in [0.4, 0.5) is 5.69 Å². The smallest absolute Gasteiger partial charge is 0.308 e. The van der Waals surface area contributed by atoms with Gasteiger partial charge >= 0.3 is 4.87 Å². The first-order valence-corrected chi connectivity index (χ1v) is 9.00. The number of nitrogens with one attached hydrogen (secondary N) is 1. The molecule has 0 saturated carbocycles. The van der Waals surface area contributed by atoms with Gasteiger partial charge in [-0.25, -0.2) is 0 Å². The van der Waals surface area contributed by atoms with Gasteiger partial charge in [0.15, 0.2) is 0 Å². The molecule has 0 aliphatic carbocycles. The number of carbonyl (C=O) groups excluding carboxylic acids is 1. The van der Waals surface area contributed by atoms with E-state index in [0.29, 0.717) is 17.9 Å². The largest absolute Gasteiger partial charge is 0.494 e. The third-order valence-corrected chi connectivity index (χ3v) is 4.73. The summed E-state index contributed by atoms with van der Waals surface area (Å²) in [7, 11) is 0. The van der Waals surface area contributed by atoms with Crippen molar-refractivity contribution < 1.29 is 9.53 Å². The number of benzene rings is 2. The lowest BCUT2D eigenvalue weighted by atomic mass is 10.2. The van der Waals surface area contributed by atoms with Crippen LogP contribution in [0.2, 0.25) is 0 Å². The Kier molecular flexibility index (Phi) is 4.90. The maximum Gasteiger partial charge on any atom is 0.308 e. The molecule has 0 atom stereocenters. The van der Waals surface area contributed by atoms with Crippen molar-refractivity contribution in [3.8, 4) is 5.75 Å². The Morgan fingerprint density at radius 3 is 2.56 bits per heavy atom. The molecule has 0 radical (unpaired) electrons. The fourth-order valence-corrected chi connectivity index (χ4v) is 3.73. The summed E-state index contributed by atoms with van der Waals surface area (Å²) < 4.78 is 8.00. The number of hydrogen-bond donors (Lipinski definition) is 1. The Morgan fingerprint density at radius 2 is 1.92 bits per heavy atom. The van der Waals surface area contributed by atoms with E-state index in [1.807, 2.05) is 39.0 Å². The van der Waals surface area contributed by atoms with Crippen LogP contribution in [-0.4, -0.2) is 17.1 Å². The molecule has 0 saturated heterocycles. The highest BCUT2D eigenvalue weighted by Crippen LogP contribution is 2.24. The third-order valence-electron chi connectivity index (χ3n) is 3.82. The SMILES string of the molecule is CCOc1ccc(C(=O)Nc2ccc3c(c2)sc(=O)n3C(C)C)cc1. The van der Waals surface area contributed by atoms with Gasteiger partial charge in [-0.05, 0) is 63.2 Å². The van der Waals surface area contributed by atoms with E-state index in [2.05, 4.69) is 5.32 Å². The molecule has 130 valence electrons. The molecule has 0 unspecified atom stereocenters. The molecule has 1 aromatic heterocycles. The van der Waals surface area contributed by atoms with Crippen molar-refractivity contribution in [3.05, 3.63) is 57.7 Å². The molecule has 25 heavy (non-hydrogen) atoms.